The molecule has 0 bridgehead atoms. The summed E-state index contributed by atoms with van der Waals surface area (Å²) in [4.78, 5) is 14.3. The molecule has 0 aliphatic carbocycles. The van der Waals surface area contributed by atoms with Crippen molar-refractivity contribution in [3.8, 4) is 0 Å². The Bertz CT molecular complexity index is 6.00. The van der Waals surface area contributed by atoms with Gasteiger partial charge in [0.15, 0.2) is 0 Å². The van der Waals surface area contributed by atoms with Crippen LogP contribution in [0.4, 0.5) is 0 Å². The summed E-state index contributed by atoms with van der Waals surface area (Å²) in [6.45, 7) is 0. The third-order valence-electron chi connectivity index (χ3n) is 0. The fourth-order valence-electron chi connectivity index (χ4n) is 0. The van der Waals surface area contributed by atoms with E-state index in [0.29, 0.717) is 0 Å². The van der Waals surface area contributed by atoms with Crippen molar-refractivity contribution >= 4 is 9.03 Å². The van der Waals surface area contributed by atoms with Crippen LogP contribution in [0.25, 0.3) is 0 Å². The number of hydrogen-bond donors (Lipinski definition) is 2. The van der Waals surface area contributed by atoms with Crippen LogP contribution in [0.5, 0.6) is 0 Å². The molecule has 4 heavy (non-hydrogen) atoms. The van der Waals surface area contributed by atoms with Crippen LogP contribution in [0.15, 0.2) is 0 Å². The average molecular weight is 172 g/mol. The molecule has 2 N–H and O–H groups in total. The van der Waals surface area contributed by atoms with E-state index in [9.17, 15) is 0 Å². The molecule has 0 aliphatic rings. The smallest absolute Gasteiger partial charge is 0.149 e. The molecular weight excluding hydrogens is 169 g/mol. The van der Waals surface area contributed by atoms with Crippen molar-refractivity contribution in [3.63, 3.8) is 0 Å². The van der Waals surface area contributed by atoms with Crippen molar-refractivity contribution in [1.82, 2.24) is 0 Å². The molecule has 0 aliphatic heterocycles. The molecule has 2 nitrogen and oxygen atoms in total. The molecule has 0 radical (unpaired) electrons. The molecule has 0 fully saturated rings. The van der Waals surface area contributed by atoms with E-state index in [1.165, 1.54) is 0 Å². The van der Waals surface area contributed by atoms with Crippen molar-refractivity contribution in [2.24, 2.45) is 0 Å². The summed E-state index contributed by atoms with van der Waals surface area (Å²) < 4.78 is 0. The van der Waals surface area contributed by atoms with Gasteiger partial charge in [-0.2, -0.15) is 0 Å². The summed E-state index contributed by atoms with van der Waals surface area (Å²) in [5.74, 6) is 0. The second-order valence-electron chi connectivity index (χ2n) is 0.100. The quantitative estimate of drug-likeness (QED) is 0.381. The van der Waals surface area contributed by atoms with Crippen LogP contribution >= 0.6 is 9.03 Å². The van der Waals surface area contributed by atoms with Gasteiger partial charge in [-0.15, -0.1) is 0 Å². The Labute approximate surface area is 39.8 Å². The topological polar surface area (TPSA) is 40.5 Å². The fraction of sp³-hybridized carbons (Fsp3) is 0. The van der Waals surface area contributed by atoms with E-state index in [1.807, 2.05) is 0 Å². The van der Waals surface area contributed by atoms with E-state index in [1.54, 1.807) is 0 Å². The Hall–Kier alpha value is 1.01. The summed E-state index contributed by atoms with van der Waals surface area (Å²) in [5.41, 5.74) is 0. The third-order valence-corrected chi connectivity index (χ3v) is 0. The van der Waals surface area contributed by atoms with Crippen molar-refractivity contribution < 1.29 is 30.2 Å². The Morgan fingerprint density at radius 3 is 1.25 bits per heavy atom. The maximum absolute atomic E-state index is 7.15. The van der Waals surface area contributed by atoms with E-state index in [0.717, 1.165) is 0 Å². The zero-order chi connectivity index (χ0) is 2.71. The third kappa shape index (κ3) is 11.9. The van der Waals surface area contributed by atoms with Crippen LogP contribution in [0.3, 0.4) is 0 Å². The molecular formula is H3O2PPd. The van der Waals surface area contributed by atoms with Gasteiger partial charge in [0, 0.05) is 20.4 Å². The maximum Gasteiger partial charge on any atom is 0.149 e. The first-order valence-electron chi connectivity index (χ1n) is 0.447. The monoisotopic (exact) mass is 172 g/mol. The minimum atomic E-state index is -0.917. The molecule has 0 spiro atoms. The Kier molecular flexibility index (Phi) is 20.0. The van der Waals surface area contributed by atoms with E-state index in [-0.39, 0.29) is 20.4 Å². The second kappa shape index (κ2) is 8.99. The maximum atomic E-state index is 7.15. The molecule has 0 aromatic heterocycles. The average Bonchev–Trinajstić information content (AvgIpc) is 0.918. The van der Waals surface area contributed by atoms with Gasteiger partial charge in [-0.3, -0.25) is 0 Å². The molecule has 4 heteroatoms. The van der Waals surface area contributed by atoms with E-state index in [2.05, 4.69) is 0 Å². The first-order valence-corrected chi connectivity index (χ1v) is 1.34. The number of hydrogen-bond acceptors (Lipinski definition) is 2. The summed E-state index contributed by atoms with van der Waals surface area (Å²) in [6, 6.07) is 0. The van der Waals surface area contributed by atoms with Crippen molar-refractivity contribution in [2.45, 2.75) is 0 Å². The first kappa shape index (κ1) is 8.89. The van der Waals surface area contributed by atoms with Crippen LogP contribution in [0, 0.1) is 0 Å². The van der Waals surface area contributed by atoms with E-state index < -0.39 is 9.03 Å². The molecule has 0 aromatic carbocycles. The van der Waals surface area contributed by atoms with Gasteiger partial charge in [0.1, 0.15) is 9.03 Å². The Morgan fingerprint density at radius 1 is 1.25 bits per heavy atom. The molecule has 0 saturated carbocycles. The van der Waals surface area contributed by atoms with Gasteiger partial charge in [0.25, 0.3) is 0 Å². The summed E-state index contributed by atoms with van der Waals surface area (Å²) in [7, 11) is -0.917. The molecule has 0 rings (SSSR count). The van der Waals surface area contributed by atoms with Gasteiger partial charge in [-0.25, -0.2) is 0 Å². The molecule has 0 atom stereocenters. The van der Waals surface area contributed by atoms with Crippen molar-refractivity contribution in [1.29, 1.82) is 0 Å². The van der Waals surface area contributed by atoms with Crippen LogP contribution in [0.2, 0.25) is 0 Å². The van der Waals surface area contributed by atoms with Crippen LogP contribution in [-0.2, 0) is 20.4 Å². The molecule has 0 amide bonds. The summed E-state index contributed by atoms with van der Waals surface area (Å²) in [5, 5.41) is 0. The van der Waals surface area contributed by atoms with Crippen LogP contribution in [0.1, 0.15) is 0 Å². The van der Waals surface area contributed by atoms with E-state index in [4.69, 9.17) is 9.79 Å². The number of rotatable bonds is 0. The second-order valence-corrected chi connectivity index (χ2v) is 0.300. The Morgan fingerprint density at radius 2 is 1.25 bits per heavy atom. The standard InChI is InChI=1S/H3O2P.Pd/c1-3-2;/h1-3H;. The first-order chi connectivity index (χ1) is 1.41. The van der Waals surface area contributed by atoms with E-state index >= 15 is 0 Å². The Balaban J connectivity index is 0. The van der Waals surface area contributed by atoms with Gasteiger partial charge < -0.3 is 9.79 Å². The predicted octanol–water partition coefficient (Wildman–Crippen LogP) is -0.523. The van der Waals surface area contributed by atoms with Gasteiger partial charge in [-0.1, -0.05) is 0 Å². The predicted molar refractivity (Wildman–Crippen MR) is 12.8 cm³/mol. The van der Waals surface area contributed by atoms with Gasteiger partial charge >= 0.3 is 0 Å². The van der Waals surface area contributed by atoms with Gasteiger partial charge in [-0.05, 0) is 0 Å². The minimum Gasteiger partial charge on any atom is -0.352 e. The fourth-order valence-corrected chi connectivity index (χ4v) is 0. The normalized spacial score (nSPS) is 4.50. The molecule has 30 valence electrons. The van der Waals surface area contributed by atoms with Crippen LogP contribution in [-0.4, -0.2) is 9.79 Å². The molecule has 0 unspecified atom stereocenters. The zero-order valence-corrected chi connectivity index (χ0v) is 4.27. The van der Waals surface area contributed by atoms with Gasteiger partial charge in [0.05, 0.1) is 0 Å². The minimum absolute atomic E-state index is 0. The molecule has 0 saturated heterocycles. The SMILES string of the molecule is OPO.[Pd]. The largest absolute Gasteiger partial charge is 0.352 e. The van der Waals surface area contributed by atoms with Crippen LogP contribution < -0.4 is 0 Å². The summed E-state index contributed by atoms with van der Waals surface area (Å²) in [6.07, 6.45) is 0. The van der Waals surface area contributed by atoms with Crippen molar-refractivity contribution in [2.75, 3.05) is 0 Å². The van der Waals surface area contributed by atoms with Crippen molar-refractivity contribution in [3.05, 3.63) is 0 Å². The summed E-state index contributed by atoms with van der Waals surface area (Å²) >= 11 is 0. The molecule has 0 heterocycles. The zero-order valence-electron chi connectivity index (χ0n) is 1.71. The van der Waals surface area contributed by atoms with Gasteiger partial charge in [0.2, 0.25) is 0 Å². The molecule has 0 aromatic rings.